The van der Waals surface area contributed by atoms with Gasteiger partial charge in [0.2, 0.25) is 5.91 Å². The predicted octanol–water partition coefficient (Wildman–Crippen LogP) is 1.67. The van der Waals surface area contributed by atoms with Gasteiger partial charge in [0.05, 0.1) is 18.8 Å². The second kappa shape index (κ2) is 4.74. The van der Waals surface area contributed by atoms with Gasteiger partial charge >= 0.3 is 0 Å². The number of hydrogen-bond acceptors (Lipinski definition) is 4. The Morgan fingerprint density at radius 2 is 1.89 bits per heavy atom. The Kier molecular flexibility index (Phi) is 3.06. The number of nitrogens with one attached hydrogen (secondary N) is 1. The third kappa shape index (κ3) is 2.38. The van der Waals surface area contributed by atoms with Crippen LogP contribution in [-0.4, -0.2) is 24.7 Å². The molecule has 1 amide bonds. The molecule has 1 aromatic rings. The Labute approximate surface area is 112 Å². The van der Waals surface area contributed by atoms with Crippen LogP contribution >= 0.6 is 0 Å². The van der Waals surface area contributed by atoms with Crippen LogP contribution in [0.3, 0.4) is 0 Å². The van der Waals surface area contributed by atoms with E-state index in [1.54, 1.807) is 6.07 Å². The predicted molar refractivity (Wildman–Crippen MR) is 71.4 cm³/mol. The molecule has 2 aliphatic rings. The summed E-state index contributed by atoms with van der Waals surface area (Å²) >= 11 is 0. The van der Waals surface area contributed by atoms with Crippen molar-refractivity contribution in [1.82, 2.24) is 0 Å². The minimum atomic E-state index is -0.690. The first-order valence-corrected chi connectivity index (χ1v) is 6.67. The Hall–Kier alpha value is -1.75. The fraction of sp³-hybridized carbons (Fsp3) is 0.500. The Balaban J connectivity index is 1.75. The van der Waals surface area contributed by atoms with Gasteiger partial charge in [-0.2, -0.15) is 0 Å². The van der Waals surface area contributed by atoms with Gasteiger partial charge in [-0.1, -0.05) is 0 Å². The van der Waals surface area contributed by atoms with Gasteiger partial charge in [-0.15, -0.1) is 0 Å². The molecule has 5 nitrogen and oxygen atoms in total. The monoisotopic (exact) mass is 262 g/mol. The average molecular weight is 262 g/mol. The lowest BCUT2D eigenvalue weighted by molar-refractivity contribution is -0.123. The molecule has 0 aromatic heterocycles. The van der Waals surface area contributed by atoms with Crippen molar-refractivity contribution in [3.05, 3.63) is 18.2 Å². The SMILES string of the molecule is NC1(C(=O)Nc2ccc3c(c2)OCCCO3)CCC1. The van der Waals surface area contributed by atoms with Crippen molar-refractivity contribution in [2.45, 2.75) is 31.2 Å². The molecule has 0 spiro atoms. The number of carbonyl (C=O) groups excluding carboxylic acids is 1. The highest BCUT2D eigenvalue weighted by molar-refractivity contribution is 5.98. The molecule has 1 aromatic carbocycles. The lowest BCUT2D eigenvalue weighted by Crippen LogP contribution is -2.56. The smallest absolute Gasteiger partial charge is 0.244 e. The number of carbonyl (C=O) groups is 1. The molecule has 0 saturated heterocycles. The molecular weight excluding hydrogens is 244 g/mol. The van der Waals surface area contributed by atoms with Gasteiger partial charge in [0.25, 0.3) is 0 Å². The second-order valence-electron chi connectivity index (χ2n) is 5.18. The summed E-state index contributed by atoms with van der Waals surface area (Å²) in [7, 11) is 0. The van der Waals surface area contributed by atoms with Crippen molar-refractivity contribution in [3.63, 3.8) is 0 Å². The second-order valence-corrected chi connectivity index (χ2v) is 5.18. The number of rotatable bonds is 2. The number of fused-ring (bicyclic) bond motifs is 1. The van der Waals surface area contributed by atoms with E-state index in [1.807, 2.05) is 12.1 Å². The van der Waals surface area contributed by atoms with Crippen molar-refractivity contribution in [3.8, 4) is 11.5 Å². The quantitative estimate of drug-likeness (QED) is 0.850. The molecule has 0 unspecified atom stereocenters. The summed E-state index contributed by atoms with van der Waals surface area (Å²) in [6.45, 7) is 1.29. The van der Waals surface area contributed by atoms with Crippen LogP contribution in [0.1, 0.15) is 25.7 Å². The van der Waals surface area contributed by atoms with Crippen molar-refractivity contribution < 1.29 is 14.3 Å². The molecule has 3 rings (SSSR count). The van der Waals surface area contributed by atoms with Gasteiger partial charge in [0.1, 0.15) is 0 Å². The highest BCUT2D eigenvalue weighted by Gasteiger charge is 2.40. The summed E-state index contributed by atoms with van der Waals surface area (Å²) in [5.74, 6) is 1.28. The van der Waals surface area contributed by atoms with E-state index < -0.39 is 5.54 Å². The van der Waals surface area contributed by atoms with Crippen LogP contribution in [0.25, 0.3) is 0 Å². The summed E-state index contributed by atoms with van der Waals surface area (Å²) in [5, 5.41) is 2.86. The van der Waals surface area contributed by atoms with Crippen LogP contribution in [0.15, 0.2) is 18.2 Å². The van der Waals surface area contributed by atoms with E-state index >= 15 is 0 Å². The maximum Gasteiger partial charge on any atom is 0.244 e. The van der Waals surface area contributed by atoms with Crippen LogP contribution in [-0.2, 0) is 4.79 Å². The summed E-state index contributed by atoms with van der Waals surface area (Å²) in [6.07, 6.45) is 3.39. The summed E-state index contributed by atoms with van der Waals surface area (Å²) in [4.78, 5) is 12.0. The van der Waals surface area contributed by atoms with Gasteiger partial charge in [-0.25, -0.2) is 0 Å². The van der Waals surface area contributed by atoms with Crippen molar-refractivity contribution in [2.24, 2.45) is 5.73 Å². The highest BCUT2D eigenvalue weighted by atomic mass is 16.5. The average Bonchev–Trinajstić information content (AvgIpc) is 2.60. The van der Waals surface area contributed by atoms with Crippen LogP contribution < -0.4 is 20.5 Å². The highest BCUT2D eigenvalue weighted by Crippen LogP contribution is 2.34. The number of nitrogens with two attached hydrogens (primary N) is 1. The fourth-order valence-electron chi connectivity index (χ4n) is 2.28. The maximum atomic E-state index is 12.0. The molecule has 0 atom stereocenters. The standard InChI is InChI=1S/C14H18N2O3/c15-14(5-1-6-14)13(17)16-10-3-4-11-12(9-10)19-8-2-7-18-11/h3-4,9H,1-2,5-8,15H2,(H,16,17). The molecular formula is C14H18N2O3. The van der Waals surface area contributed by atoms with E-state index in [9.17, 15) is 4.79 Å². The third-order valence-electron chi connectivity index (χ3n) is 3.70. The molecule has 102 valence electrons. The van der Waals surface area contributed by atoms with Gasteiger partial charge in [0.15, 0.2) is 11.5 Å². The molecule has 1 aliphatic carbocycles. The minimum Gasteiger partial charge on any atom is -0.490 e. The number of ether oxygens (including phenoxy) is 2. The topological polar surface area (TPSA) is 73.6 Å². The molecule has 1 fully saturated rings. The van der Waals surface area contributed by atoms with Crippen molar-refractivity contribution in [2.75, 3.05) is 18.5 Å². The number of hydrogen-bond donors (Lipinski definition) is 2. The molecule has 3 N–H and O–H groups in total. The third-order valence-corrected chi connectivity index (χ3v) is 3.70. The van der Waals surface area contributed by atoms with E-state index in [0.29, 0.717) is 24.7 Å². The van der Waals surface area contributed by atoms with E-state index in [0.717, 1.165) is 31.4 Å². The summed E-state index contributed by atoms with van der Waals surface area (Å²) < 4.78 is 11.1. The van der Waals surface area contributed by atoms with E-state index in [2.05, 4.69) is 5.32 Å². The Bertz CT molecular complexity index is 497. The molecule has 19 heavy (non-hydrogen) atoms. The van der Waals surface area contributed by atoms with Gasteiger partial charge in [-0.05, 0) is 31.4 Å². The normalized spacial score (nSPS) is 20.1. The summed E-state index contributed by atoms with van der Waals surface area (Å²) in [5.41, 5.74) is 6.00. The van der Waals surface area contributed by atoms with Crippen molar-refractivity contribution in [1.29, 1.82) is 0 Å². The number of amides is 1. The first-order chi connectivity index (χ1) is 9.17. The van der Waals surface area contributed by atoms with Crippen LogP contribution in [0.4, 0.5) is 5.69 Å². The zero-order valence-corrected chi connectivity index (χ0v) is 10.8. The Morgan fingerprint density at radius 3 is 2.58 bits per heavy atom. The lowest BCUT2D eigenvalue weighted by Gasteiger charge is -2.36. The van der Waals surface area contributed by atoms with Gasteiger partial charge in [-0.3, -0.25) is 4.79 Å². The van der Waals surface area contributed by atoms with Crippen LogP contribution in [0, 0.1) is 0 Å². The molecule has 0 bridgehead atoms. The first-order valence-electron chi connectivity index (χ1n) is 6.67. The molecule has 5 heteroatoms. The van der Waals surface area contributed by atoms with E-state index in [4.69, 9.17) is 15.2 Å². The van der Waals surface area contributed by atoms with Gasteiger partial charge in [0, 0.05) is 18.2 Å². The molecule has 1 saturated carbocycles. The summed E-state index contributed by atoms with van der Waals surface area (Å²) in [6, 6.07) is 5.42. The van der Waals surface area contributed by atoms with E-state index in [-0.39, 0.29) is 5.91 Å². The van der Waals surface area contributed by atoms with Crippen molar-refractivity contribution >= 4 is 11.6 Å². The van der Waals surface area contributed by atoms with E-state index in [1.165, 1.54) is 0 Å². The lowest BCUT2D eigenvalue weighted by atomic mass is 9.77. The van der Waals surface area contributed by atoms with Crippen LogP contribution in [0.2, 0.25) is 0 Å². The zero-order valence-electron chi connectivity index (χ0n) is 10.8. The Morgan fingerprint density at radius 1 is 1.16 bits per heavy atom. The maximum absolute atomic E-state index is 12.0. The molecule has 0 radical (unpaired) electrons. The molecule has 1 heterocycles. The number of benzene rings is 1. The minimum absolute atomic E-state index is 0.117. The fourth-order valence-corrected chi connectivity index (χ4v) is 2.28. The number of anilines is 1. The first kappa shape index (κ1) is 12.3. The zero-order chi connectivity index (χ0) is 13.3. The molecule has 1 aliphatic heterocycles. The largest absolute Gasteiger partial charge is 0.490 e. The van der Waals surface area contributed by atoms with Crippen LogP contribution in [0.5, 0.6) is 11.5 Å². The van der Waals surface area contributed by atoms with Gasteiger partial charge < -0.3 is 20.5 Å².